The van der Waals surface area contributed by atoms with Gasteiger partial charge in [0.15, 0.2) is 0 Å². The molecule has 1 N–H and O–H groups in total. The van der Waals surface area contributed by atoms with Gasteiger partial charge in [0.1, 0.15) is 0 Å². The number of hydrogen-bond acceptors (Lipinski definition) is 1. The summed E-state index contributed by atoms with van der Waals surface area (Å²) in [4.78, 5) is 0. The van der Waals surface area contributed by atoms with Gasteiger partial charge in [-0.05, 0) is 118 Å². The van der Waals surface area contributed by atoms with E-state index in [1.54, 1.807) is 44.9 Å². The number of nitrogens with one attached hydrogen (secondary N) is 1. The third kappa shape index (κ3) is 2.68. The van der Waals surface area contributed by atoms with Gasteiger partial charge in [-0.2, -0.15) is 0 Å². The molecule has 24 heavy (non-hydrogen) atoms. The summed E-state index contributed by atoms with van der Waals surface area (Å²) in [5.41, 5.74) is 0.692. The van der Waals surface area contributed by atoms with Gasteiger partial charge >= 0.3 is 0 Å². The normalized spacial score (nSPS) is 51.4. The summed E-state index contributed by atoms with van der Waals surface area (Å²) in [5, 5.41) is 3.55. The van der Waals surface area contributed by atoms with Crippen molar-refractivity contribution >= 4 is 0 Å². The molecule has 0 aliphatic heterocycles. The maximum atomic E-state index is 3.55. The Labute approximate surface area is 150 Å². The maximum absolute atomic E-state index is 3.55. The quantitative estimate of drug-likeness (QED) is 0.680. The van der Waals surface area contributed by atoms with Crippen LogP contribution in [0.5, 0.6) is 0 Å². The van der Waals surface area contributed by atoms with E-state index in [1.165, 1.54) is 32.2 Å². The van der Waals surface area contributed by atoms with Gasteiger partial charge in [-0.3, -0.25) is 0 Å². The molecule has 4 saturated carbocycles. The Hall–Kier alpha value is -0.0400. The van der Waals surface area contributed by atoms with E-state index in [0.717, 1.165) is 41.4 Å². The average Bonchev–Trinajstić information content (AvgIpc) is 2.61. The Morgan fingerprint density at radius 2 is 1.75 bits per heavy atom. The van der Waals surface area contributed by atoms with Gasteiger partial charge in [0.2, 0.25) is 0 Å². The van der Waals surface area contributed by atoms with Gasteiger partial charge in [0, 0.05) is 0 Å². The first-order chi connectivity index (χ1) is 11.7. The van der Waals surface area contributed by atoms with E-state index in [1.807, 2.05) is 0 Å². The van der Waals surface area contributed by atoms with Crippen molar-refractivity contribution in [3.05, 3.63) is 0 Å². The second kappa shape index (κ2) is 6.93. The summed E-state index contributed by atoms with van der Waals surface area (Å²) in [6.45, 7) is 6.30. The number of hydrogen-bond donors (Lipinski definition) is 1. The topological polar surface area (TPSA) is 12.0 Å². The number of fused-ring (bicyclic) bond motifs is 5. The van der Waals surface area contributed by atoms with Crippen LogP contribution in [-0.2, 0) is 0 Å². The Bertz CT molecular complexity index is 430. The van der Waals surface area contributed by atoms with Crippen molar-refractivity contribution in [2.24, 2.45) is 46.8 Å². The minimum absolute atomic E-state index is 0.692. The average molecular weight is 332 g/mol. The fourth-order valence-electron chi connectivity index (χ4n) is 8.49. The molecular weight excluding hydrogens is 290 g/mol. The van der Waals surface area contributed by atoms with Crippen LogP contribution in [-0.4, -0.2) is 13.6 Å². The summed E-state index contributed by atoms with van der Waals surface area (Å²) in [5.74, 6) is 7.43. The van der Waals surface area contributed by atoms with Crippen molar-refractivity contribution in [2.75, 3.05) is 13.6 Å². The lowest BCUT2D eigenvalue weighted by molar-refractivity contribution is -0.119. The minimum Gasteiger partial charge on any atom is -0.319 e. The molecular formula is C23H41N. The maximum Gasteiger partial charge on any atom is -0.00181 e. The van der Waals surface area contributed by atoms with Crippen LogP contribution in [0.25, 0.3) is 0 Å². The molecule has 0 aromatic heterocycles. The van der Waals surface area contributed by atoms with Crippen LogP contribution < -0.4 is 5.32 Å². The smallest absolute Gasteiger partial charge is 0.00181 e. The first kappa shape index (κ1) is 17.4. The van der Waals surface area contributed by atoms with Crippen LogP contribution in [0.15, 0.2) is 0 Å². The molecule has 0 radical (unpaired) electrons. The zero-order valence-electron chi connectivity index (χ0n) is 16.5. The van der Waals surface area contributed by atoms with Gasteiger partial charge in [0.25, 0.3) is 0 Å². The Morgan fingerprint density at radius 1 is 0.917 bits per heavy atom. The van der Waals surface area contributed by atoms with Gasteiger partial charge in [-0.15, -0.1) is 0 Å². The minimum atomic E-state index is 0.692. The van der Waals surface area contributed by atoms with Crippen LogP contribution >= 0.6 is 0 Å². The second-order valence-electron chi connectivity index (χ2n) is 10.2. The van der Waals surface area contributed by atoms with Crippen molar-refractivity contribution in [1.82, 2.24) is 5.32 Å². The molecule has 1 nitrogen and oxygen atoms in total. The van der Waals surface area contributed by atoms with Gasteiger partial charge in [0.05, 0.1) is 0 Å². The molecule has 0 spiro atoms. The Morgan fingerprint density at radius 3 is 2.54 bits per heavy atom. The highest BCUT2D eigenvalue weighted by atomic mass is 14.8. The molecule has 4 rings (SSSR count). The molecule has 1 heteroatoms. The summed E-state index contributed by atoms with van der Waals surface area (Å²) in [6.07, 6.45) is 16.9. The third-order valence-electron chi connectivity index (χ3n) is 9.46. The lowest BCUT2D eigenvalue weighted by Gasteiger charge is -2.61. The van der Waals surface area contributed by atoms with E-state index >= 15 is 0 Å². The van der Waals surface area contributed by atoms with E-state index in [4.69, 9.17) is 0 Å². The highest BCUT2D eigenvalue weighted by molar-refractivity contribution is 5.05. The SMILES string of the molecule is CCC12CCC3C4CCC(C)CC4CCC3C1CCCC2CNC. The molecule has 138 valence electrons. The molecule has 0 aromatic rings. The standard InChI is InChI=1S/C23H41N/c1-4-23-13-12-20-19-10-8-16(2)14-17(19)9-11-21(20)22(23)7-5-6-18(23)15-24-3/h16-22,24H,4-15H2,1-3H3. The highest BCUT2D eigenvalue weighted by Gasteiger charge is 2.56. The third-order valence-corrected chi connectivity index (χ3v) is 9.46. The van der Waals surface area contributed by atoms with Crippen LogP contribution in [0.2, 0.25) is 0 Å². The molecule has 0 saturated heterocycles. The van der Waals surface area contributed by atoms with E-state index in [0.29, 0.717) is 5.41 Å². The number of rotatable bonds is 3. The molecule has 4 aliphatic rings. The molecule has 8 atom stereocenters. The van der Waals surface area contributed by atoms with Crippen molar-refractivity contribution in [1.29, 1.82) is 0 Å². The summed E-state index contributed by atoms with van der Waals surface area (Å²) in [7, 11) is 2.17. The second-order valence-corrected chi connectivity index (χ2v) is 10.2. The molecule has 4 aliphatic carbocycles. The van der Waals surface area contributed by atoms with Crippen LogP contribution in [0.3, 0.4) is 0 Å². The van der Waals surface area contributed by atoms with E-state index < -0.39 is 0 Å². The fraction of sp³-hybridized carbons (Fsp3) is 1.00. The van der Waals surface area contributed by atoms with Crippen molar-refractivity contribution in [3.8, 4) is 0 Å². The van der Waals surface area contributed by atoms with Crippen molar-refractivity contribution in [3.63, 3.8) is 0 Å². The monoisotopic (exact) mass is 331 g/mol. The van der Waals surface area contributed by atoms with E-state index in [9.17, 15) is 0 Å². The van der Waals surface area contributed by atoms with E-state index in [2.05, 4.69) is 26.2 Å². The molecule has 0 aromatic carbocycles. The molecule has 0 amide bonds. The Balaban J connectivity index is 1.57. The van der Waals surface area contributed by atoms with Gasteiger partial charge in [-0.1, -0.05) is 26.7 Å². The summed E-state index contributed by atoms with van der Waals surface area (Å²) >= 11 is 0. The first-order valence-electron chi connectivity index (χ1n) is 11.3. The molecule has 8 unspecified atom stereocenters. The lowest BCUT2D eigenvalue weighted by atomic mass is 9.44. The molecule has 0 bridgehead atoms. The summed E-state index contributed by atoms with van der Waals surface area (Å²) < 4.78 is 0. The fourth-order valence-corrected chi connectivity index (χ4v) is 8.49. The highest BCUT2D eigenvalue weighted by Crippen LogP contribution is 2.64. The van der Waals surface area contributed by atoms with Gasteiger partial charge < -0.3 is 5.32 Å². The zero-order valence-corrected chi connectivity index (χ0v) is 16.5. The van der Waals surface area contributed by atoms with Crippen molar-refractivity contribution in [2.45, 2.75) is 84.5 Å². The zero-order chi connectivity index (χ0) is 16.7. The molecule has 0 heterocycles. The van der Waals surface area contributed by atoms with Gasteiger partial charge in [-0.25, -0.2) is 0 Å². The first-order valence-corrected chi connectivity index (χ1v) is 11.3. The lowest BCUT2D eigenvalue weighted by Crippen LogP contribution is -2.55. The summed E-state index contributed by atoms with van der Waals surface area (Å²) in [6, 6.07) is 0. The largest absolute Gasteiger partial charge is 0.319 e. The van der Waals surface area contributed by atoms with Crippen molar-refractivity contribution < 1.29 is 0 Å². The Kier molecular flexibility index (Phi) is 5.02. The predicted molar refractivity (Wildman–Crippen MR) is 103 cm³/mol. The predicted octanol–water partition coefficient (Wildman–Crippen LogP) is 5.89. The van der Waals surface area contributed by atoms with Crippen LogP contribution in [0.1, 0.15) is 84.5 Å². The molecule has 4 fully saturated rings. The van der Waals surface area contributed by atoms with Crippen LogP contribution in [0.4, 0.5) is 0 Å². The van der Waals surface area contributed by atoms with E-state index in [-0.39, 0.29) is 0 Å². The van der Waals surface area contributed by atoms with Crippen LogP contribution in [0, 0.1) is 46.8 Å².